The van der Waals surface area contributed by atoms with Gasteiger partial charge >= 0.3 is 0 Å². The molecular weight excluding hydrogens is 460 g/mol. The summed E-state index contributed by atoms with van der Waals surface area (Å²) in [6, 6.07) is 0. The van der Waals surface area contributed by atoms with Crippen LogP contribution in [0.5, 0.6) is 0 Å². The summed E-state index contributed by atoms with van der Waals surface area (Å²) in [6.45, 7) is 1.54. The van der Waals surface area contributed by atoms with E-state index < -0.39 is 30.3 Å². The number of fused-ring (bicyclic) bond motifs is 2. The van der Waals surface area contributed by atoms with E-state index in [1.807, 2.05) is 6.08 Å². The molecule has 4 N–H and O–H groups in total. The number of unbranched alkanes of at least 4 members (excludes halogenated alkanes) is 1. The van der Waals surface area contributed by atoms with Gasteiger partial charge in [0.1, 0.15) is 35.7 Å². The molecule has 0 aromatic carbocycles. The van der Waals surface area contributed by atoms with Crippen LogP contribution < -0.4 is 11.1 Å². The van der Waals surface area contributed by atoms with E-state index >= 15 is 0 Å². The van der Waals surface area contributed by atoms with E-state index in [9.17, 15) is 13.9 Å². The van der Waals surface area contributed by atoms with Gasteiger partial charge in [-0.3, -0.25) is 0 Å². The Morgan fingerprint density at radius 2 is 2.20 bits per heavy atom. The van der Waals surface area contributed by atoms with Crippen LogP contribution in [0, 0.1) is 5.41 Å². The smallest absolute Gasteiger partial charge is 0.165 e. The molecule has 3 heterocycles. The number of nitrogens with two attached hydrogens (primary N) is 1. The first kappa shape index (κ1) is 20.3. The van der Waals surface area contributed by atoms with Crippen molar-refractivity contribution in [2.24, 2.45) is 5.41 Å². The number of rotatable bonds is 8. The van der Waals surface area contributed by atoms with Crippen LogP contribution in [0.15, 0.2) is 29.1 Å². The number of allylic oxidation sites excluding steroid dienone is 1. The zero-order valence-electron chi connectivity index (χ0n) is 16.3. The first-order valence-electron chi connectivity index (χ1n) is 10.2. The van der Waals surface area contributed by atoms with Gasteiger partial charge in [-0.05, 0) is 48.2 Å². The second-order valence-electron chi connectivity index (χ2n) is 8.61. The molecule has 30 heavy (non-hydrogen) atoms. The molecule has 162 valence electrons. The van der Waals surface area contributed by atoms with Crippen LogP contribution in [-0.4, -0.2) is 56.8 Å². The number of aliphatic hydroxyl groups is 1. The molecule has 0 radical (unpaired) electrons. The Hall–Kier alpha value is -1.62. The standard InChI is InChI=1S/C20H24BrF2N5O2/c21-11-6-28(17-13(11)16(24)26-10-27-17)18-15(29)14(22)12(30-18)4-2-1-3-5-25-9-19-7-20(19,23)8-19/h2,4,6,10,12,14-15,18,25,29H,1,3,5,7-9H2,(H2,24,26,27)/b4-2+/t12-,14+,15-,18-,19?,20?/m1/s1. The number of hydrogen-bond donors (Lipinski definition) is 3. The molecule has 2 aliphatic carbocycles. The second-order valence-corrected chi connectivity index (χ2v) is 9.47. The quantitative estimate of drug-likeness (QED) is 0.394. The highest BCUT2D eigenvalue weighted by atomic mass is 79.9. The number of nitrogen functional groups attached to an aromatic ring is 1. The van der Waals surface area contributed by atoms with E-state index in [0.29, 0.717) is 34.2 Å². The molecule has 0 bridgehead atoms. The van der Waals surface area contributed by atoms with E-state index in [0.717, 1.165) is 25.9 Å². The second kappa shape index (κ2) is 7.22. The maximum atomic E-state index is 14.7. The van der Waals surface area contributed by atoms with Crippen LogP contribution in [0.4, 0.5) is 14.6 Å². The number of nitrogens with one attached hydrogen (secondary N) is 1. The maximum absolute atomic E-state index is 14.7. The Morgan fingerprint density at radius 1 is 1.43 bits per heavy atom. The van der Waals surface area contributed by atoms with Crippen LogP contribution in [0.1, 0.15) is 31.9 Å². The first-order valence-corrected chi connectivity index (χ1v) is 10.9. The van der Waals surface area contributed by atoms with E-state index in [4.69, 9.17) is 10.5 Å². The molecule has 1 aliphatic heterocycles. The van der Waals surface area contributed by atoms with E-state index in [1.165, 1.54) is 6.33 Å². The van der Waals surface area contributed by atoms with Crippen molar-refractivity contribution in [3.63, 3.8) is 0 Å². The third kappa shape index (κ3) is 3.24. The molecule has 0 amide bonds. The van der Waals surface area contributed by atoms with E-state index in [-0.39, 0.29) is 5.41 Å². The van der Waals surface area contributed by atoms with Crippen LogP contribution in [0.2, 0.25) is 0 Å². The van der Waals surface area contributed by atoms with Crippen LogP contribution in [-0.2, 0) is 4.74 Å². The monoisotopic (exact) mass is 483 g/mol. The molecule has 4 atom stereocenters. The molecule has 1 saturated heterocycles. The lowest BCUT2D eigenvalue weighted by Gasteiger charge is -2.16. The Labute approximate surface area is 180 Å². The van der Waals surface area contributed by atoms with Gasteiger partial charge < -0.3 is 25.5 Å². The van der Waals surface area contributed by atoms with Crippen molar-refractivity contribution in [1.82, 2.24) is 19.9 Å². The number of hydrogen-bond acceptors (Lipinski definition) is 6. The number of aromatic nitrogens is 3. The molecule has 7 nitrogen and oxygen atoms in total. The molecule has 0 unspecified atom stereocenters. The molecule has 3 aliphatic rings. The van der Waals surface area contributed by atoms with Crippen molar-refractivity contribution in [2.75, 3.05) is 18.8 Å². The van der Waals surface area contributed by atoms with Gasteiger partial charge in [0.2, 0.25) is 0 Å². The van der Waals surface area contributed by atoms with Crippen LogP contribution in [0.3, 0.4) is 0 Å². The fourth-order valence-electron chi connectivity index (χ4n) is 4.42. The minimum absolute atomic E-state index is 0.0552. The lowest BCUT2D eigenvalue weighted by Crippen LogP contribution is -2.27. The Morgan fingerprint density at radius 3 is 2.93 bits per heavy atom. The minimum atomic E-state index is -1.55. The molecule has 3 fully saturated rings. The summed E-state index contributed by atoms with van der Waals surface area (Å²) in [6.07, 6.45) is 4.88. The van der Waals surface area contributed by atoms with Gasteiger partial charge in [0.15, 0.2) is 12.4 Å². The Balaban J connectivity index is 1.16. The van der Waals surface area contributed by atoms with Crippen molar-refractivity contribution in [1.29, 1.82) is 0 Å². The van der Waals surface area contributed by atoms with Gasteiger partial charge in [-0.15, -0.1) is 0 Å². The van der Waals surface area contributed by atoms with E-state index in [2.05, 4.69) is 31.2 Å². The van der Waals surface area contributed by atoms with Gasteiger partial charge in [0, 0.05) is 22.6 Å². The summed E-state index contributed by atoms with van der Waals surface area (Å²) in [5, 5.41) is 14.3. The highest BCUT2D eigenvalue weighted by Gasteiger charge is 2.84. The predicted molar refractivity (Wildman–Crippen MR) is 111 cm³/mol. The molecule has 10 heteroatoms. The molecule has 5 rings (SSSR count). The van der Waals surface area contributed by atoms with Gasteiger partial charge in [-0.1, -0.05) is 12.2 Å². The van der Waals surface area contributed by atoms with Gasteiger partial charge in [-0.2, -0.15) is 0 Å². The van der Waals surface area contributed by atoms with Crippen LogP contribution >= 0.6 is 15.9 Å². The Bertz CT molecular complexity index is 993. The fraction of sp³-hybridized carbons (Fsp3) is 0.600. The molecule has 2 saturated carbocycles. The minimum Gasteiger partial charge on any atom is -0.385 e. The SMILES string of the molecule is Nc1ncnc2c1c(Br)cn2[C@@H]1O[C@H](/C=C/CCCNCC23CC2(F)C3)[C@H](F)[C@H]1O. The molecule has 2 aromatic rings. The normalized spacial score (nSPS) is 37.2. The first-order chi connectivity index (χ1) is 14.4. The summed E-state index contributed by atoms with van der Waals surface area (Å²) < 4.78 is 36.2. The number of halogens is 3. The highest BCUT2D eigenvalue weighted by Crippen LogP contribution is 2.80. The molecule has 2 aromatic heterocycles. The Kier molecular flexibility index (Phi) is 4.88. The average molecular weight is 484 g/mol. The van der Waals surface area contributed by atoms with E-state index in [1.54, 1.807) is 16.8 Å². The average Bonchev–Trinajstić information content (AvgIpc) is 3.34. The predicted octanol–water partition coefficient (Wildman–Crippen LogP) is 2.80. The largest absolute Gasteiger partial charge is 0.385 e. The fourth-order valence-corrected chi connectivity index (χ4v) is 5.03. The number of aliphatic hydroxyl groups excluding tert-OH is 1. The number of nitrogens with zero attached hydrogens (tertiary/aromatic N) is 3. The zero-order valence-corrected chi connectivity index (χ0v) is 17.9. The molecular formula is C20H24BrF2N5O2. The number of ether oxygens (including phenoxy) is 1. The van der Waals surface area contributed by atoms with Crippen molar-refractivity contribution in [2.45, 2.75) is 56.0 Å². The lowest BCUT2D eigenvalue weighted by atomic mass is 10.1. The highest BCUT2D eigenvalue weighted by molar-refractivity contribution is 9.10. The van der Waals surface area contributed by atoms with Crippen LogP contribution in [0.25, 0.3) is 11.0 Å². The van der Waals surface area contributed by atoms with Gasteiger partial charge in [0.25, 0.3) is 0 Å². The van der Waals surface area contributed by atoms with Gasteiger partial charge in [0.05, 0.1) is 5.39 Å². The zero-order chi connectivity index (χ0) is 21.1. The summed E-state index contributed by atoms with van der Waals surface area (Å²) in [5.41, 5.74) is 5.45. The van der Waals surface area contributed by atoms with Crippen molar-refractivity contribution >= 4 is 32.8 Å². The summed E-state index contributed by atoms with van der Waals surface area (Å²) in [5.74, 6) is 0.292. The van der Waals surface area contributed by atoms with Crippen molar-refractivity contribution in [3.8, 4) is 0 Å². The van der Waals surface area contributed by atoms with Gasteiger partial charge in [-0.25, -0.2) is 18.7 Å². The summed E-state index contributed by atoms with van der Waals surface area (Å²) >= 11 is 3.41. The third-order valence-corrected chi connectivity index (χ3v) is 7.15. The van der Waals surface area contributed by atoms with Crippen molar-refractivity contribution in [3.05, 3.63) is 29.1 Å². The number of anilines is 1. The van der Waals surface area contributed by atoms with Crippen molar-refractivity contribution < 1.29 is 18.6 Å². The maximum Gasteiger partial charge on any atom is 0.165 e. The topological polar surface area (TPSA) is 98.2 Å². The molecule has 0 spiro atoms. The summed E-state index contributed by atoms with van der Waals surface area (Å²) in [4.78, 5) is 8.17. The third-order valence-electron chi connectivity index (χ3n) is 6.55. The lowest BCUT2D eigenvalue weighted by molar-refractivity contribution is -0.0231. The number of alkyl halides is 2. The summed E-state index contributed by atoms with van der Waals surface area (Å²) in [7, 11) is 0.